The monoisotopic (exact) mass is 297 g/mol. The molecular weight excluding hydrogens is 286 g/mol. The molecule has 0 bridgehead atoms. The molecule has 0 aliphatic heterocycles. The van der Waals surface area contributed by atoms with Gasteiger partial charge in [0.05, 0.1) is 23.8 Å². The Balaban J connectivity index is 1.80. The Labute approximate surface area is 126 Å². The average Bonchev–Trinajstić information content (AvgIpc) is 2.47. The van der Waals surface area contributed by atoms with Gasteiger partial charge in [0.15, 0.2) is 0 Å². The maximum absolute atomic E-state index is 12.1. The number of aromatic nitrogens is 2. The lowest BCUT2D eigenvalue weighted by molar-refractivity contribution is -0.115. The number of pyridine rings is 2. The van der Waals surface area contributed by atoms with E-state index in [1.54, 1.807) is 30.7 Å². The van der Waals surface area contributed by atoms with Gasteiger partial charge in [0.2, 0.25) is 5.91 Å². The maximum Gasteiger partial charge on any atom is 0.228 e. The van der Waals surface area contributed by atoms with Gasteiger partial charge in [-0.25, -0.2) is 0 Å². The zero-order valence-electron chi connectivity index (χ0n) is 11.1. The number of hydrogen-bond acceptors (Lipinski definition) is 3. The molecule has 0 aliphatic rings. The van der Waals surface area contributed by atoms with Gasteiger partial charge in [-0.15, -0.1) is 0 Å². The SMILES string of the molecule is O=C(Cc1cccc(Cl)c1)Nc1cncc2cccnc12. The molecule has 3 aromatic rings. The number of anilines is 1. The van der Waals surface area contributed by atoms with Crippen LogP contribution in [0.2, 0.25) is 5.02 Å². The topological polar surface area (TPSA) is 54.9 Å². The molecule has 0 spiro atoms. The fourth-order valence-corrected chi connectivity index (χ4v) is 2.33. The van der Waals surface area contributed by atoms with E-state index in [-0.39, 0.29) is 12.3 Å². The van der Waals surface area contributed by atoms with E-state index in [9.17, 15) is 4.79 Å². The number of carbonyl (C=O) groups excluding carboxylic acids is 1. The summed E-state index contributed by atoms with van der Waals surface area (Å²) in [5.41, 5.74) is 2.20. The van der Waals surface area contributed by atoms with Crippen LogP contribution in [0.3, 0.4) is 0 Å². The van der Waals surface area contributed by atoms with Crippen molar-refractivity contribution in [3.63, 3.8) is 0 Å². The third kappa shape index (κ3) is 3.17. The molecule has 21 heavy (non-hydrogen) atoms. The second kappa shape index (κ2) is 5.89. The first-order chi connectivity index (χ1) is 10.2. The Morgan fingerprint density at radius 1 is 1.19 bits per heavy atom. The zero-order chi connectivity index (χ0) is 14.7. The standard InChI is InChI=1S/C16H12ClN3O/c17-13-5-1-3-11(7-13)8-15(21)20-14-10-18-9-12-4-2-6-19-16(12)14/h1-7,9-10H,8H2,(H,20,21). The van der Waals surface area contributed by atoms with Crippen LogP contribution >= 0.6 is 11.6 Å². The highest BCUT2D eigenvalue weighted by molar-refractivity contribution is 6.30. The molecule has 0 saturated carbocycles. The lowest BCUT2D eigenvalue weighted by atomic mass is 10.1. The van der Waals surface area contributed by atoms with Gasteiger partial charge in [-0.3, -0.25) is 14.8 Å². The van der Waals surface area contributed by atoms with Crippen LogP contribution in [0, 0.1) is 0 Å². The summed E-state index contributed by atoms with van der Waals surface area (Å²) in [5.74, 6) is -0.128. The van der Waals surface area contributed by atoms with Gasteiger partial charge in [-0.2, -0.15) is 0 Å². The molecule has 0 unspecified atom stereocenters. The zero-order valence-corrected chi connectivity index (χ0v) is 11.8. The molecule has 1 aromatic carbocycles. The number of hydrogen-bond donors (Lipinski definition) is 1. The molecule has 104 valence electrons. The average molecular weight is 298 g/mol. The minimum atomic E-state index is -0.128. The molecule has 3 rings (SSSR count). The Morgan fingerprint density at radius 3 is 2.95 bits per heavy atom. The summed E-state index contributed by atoms with van der Waals surface area (Å²) in [6.45, 7) is 0. The van der Waals surface area contributed by atoms with E-state index in [0.717, 1.165) is 16.5 Å². The Hall–Kier alpha value is -2.46. The normalized spacial score (nSPS) is 10.5. The van der Waals surface area contributed by atoms with Crippen LogP contribution in [0.5, 0.6) is 0 Å². The second-order valence-corrected chi connectivity index (χ2v) is 5.05. The summed E-state index contributed by atoms with van der Waals surface area (Å²) < 4.78 is 0. The highest BCUT2D eigenvalue weighted by atomic mass is 35.5. The summed E-state index contributed by atoms with van der Waals surface area (Å²) in [7, 11) is 0. The predicted octanol–water partition coefficient (Wildman–Crippen LogP) is 3.46. The first kappa shape index (κ1) is 13.5. The van der Waals surface area contributed by atoms with Crippen LogP contribution in [-0.2, 0) is 11.2 Å². The fourth-order valence-electron chi connectivity index (χ4n) is 2.12. The number of nitrogens with zero attached hydrogens (tertiary/aromatic N) is 2. The molecule has 0 radical (unpaired) electrons. The van der Waals surface area contributed by atoms with Crippen molar-refractivity contribution < 1.29 is 4.79 Å². The number of benzene rings is 1. The Morgan fingerprint density at radius 2 is 2.10 bits per heavy atom. The van der Waals surface area contributed by atoms with E-state index < -0.39 is 0 Å². The minimum Gasteiger partial charge on any atom is -0.323 e. The highest BCUT2D eigenvalue weighted by Crippen LogP contribution is 2.19. The van der Waals surface area contributed by atoms with Crippen molar-refractivity contribution in [2.75, 3.05) is 5.32 Å². The number of amides is 1. The van der Waals surface area contributed by atoms with E-state index in [4.69, 9.17) is 11.6 Å². The van der Waals surface area contributed by atoms with Gasteiger partial charge < -0.3 is 5.32 Å². The van der Waals surface area contributed by atoms with E-state index in [1.165, 1.54) is 0 Å². The fraction of sp³-hybridized carbons (Fsp3) is 0.0625. The van der Waals surface area contributed by atoms with E-state index in [2.05, 4.69) is 15.3 Å². The molecule has 2 aromatic heterocycles. The Kier molecular flexibility index (Phi) is 3.79. The minimum absolute atomic E-state index is 0.128. The molecule has 0 aliphatic carbocycles. The summed E-state index contributed by atoms with van der Waals surface area (Å²) in [5, 5.41) is 4.35. The van der Waals surface area contributed by atoms with Gasteiger partial charge in [0.25, 0.3) is 0 Å². The number of halogens is 1. The molecule has 0 fully saturated rings. The predicted molar refractivity (Wildman–Crippen MR) is 83.3 cm³/mol. The summed E-state index contributed by atoms with van der Waals surface area (Å²) >= 11 is 5.91. The molecule has 1 N–H and O–H groups in total. The third-order valence-electron chi connectivity index (χ3n) is 3.04. The largest absolute Gasteiger partial charge is 0.323 e. The van der Waals surface area contributed by atoms with Crippen LogP contribution in [0.1, 0.15) is 5.56 Å². The van der Waals surface area contributed by atoms with Crippen LogP contribution < -0.4 is 5.32 Å². The van der Waals surface area contributed by atoms with Gasteiger partial charge >= 0.3 is 0 Å². The summed E-state index contributed by atoms with van der Waals surface area (Å²) in [4.78, 5) is 20.5. The maximum atomic E-state index is 12.1. The first-order valence-electron chi connectivity index (χ1n) is 6.45. The number of rotatable bonds is 3. The van der Waals surface area contributed by atoms with Gasteiger partial charge in [-0.1, -0.05) is 23.7 Å². The van der Waals surface area contributed by atoms with E-state index in [1.807, 2.05) is 24.3 Å². The van der Waals surface area contributed by atoms with Crippen molar-refractivity contribution in [2.45, 2.75) is 6.42 Å². The van der Waals surface area contributed by atoms with Crippen molar-refractivity contribution in [3.05, 3.63) is 65.6 Å². The number of fused-ring (bicyclic) bond motifs is 1. The lowest BCUT2D eigenvalue weighted by Gasteiger charge is -2.07. The molecule has 1 amide bonds. The van der Waals surface area contributed by atoms with Crippen molar-refractivity contribution >= 4 is 34.1 Å². The molecule has 4 nitrogen and oxygen atoms in total. The van der Waals surface area contributed by atoms with Crippen molar-refractivity contribution in [2.24, 2.45) is 0 Å². The summed E-state index contributed by atoms with van der Waals surface area (Å²) in [6.07, 6.45) is 5.26. The first-order valence-corrected chi connectivity index (χ1v) is 6.83. The molecular formula is C16H12ClN3O. The lowest BCUT2D eigenvalue weighted by Crippen LogP contribution is -2.15. The van der Waals surface area contributed by atoms with Crippen LogP contribution in [0.4, 0.5) is 5.69 Å². The highest BCUT2D eigenvalue weighted by Gasteiger charge is 2.08. The van der Waals surface area contributed by atoms with Crippen molar-refractivity contribution in [3.8, 4) is 0 Å². The van der Waals surface area contributed by atoms with Crippen LogP contribution in [0.15, 0.2) is 55.0 Å². The summed E-state index contributed by atoms with van der Waals surface area (Å²) in [6, 6.07) is 11.0. The molecule has 0 atom stereocenters. The second-order valence-electron chi connectivity index (χ2n) is 4.62. The van der Waals surface area contributed by atoms with E-state index in [0.29, 0.717) is 10.7 Å². The van der Waals surface area contributed by atoms with Crippen molar-refractivity contribution in [1.29, 1.82) is 0 Å². The van der Waals surface area contributed by atoms with Gasteiger partial charge in [0, 0.05) is 22.8 Å². The van der Waals surface area contributed by atoms with E-state index >= 15 is 0 Å². The van der Waals surface area contributed by atoms with Gasteiger partial charge in [0.1, 0.15) is 0 Å². The van der Waals surface area contributed by atoms with Crippen LogP contribution in [-0.4, -0.2) is 15.9 Å². The number of nitrogens with one attached hydrogen (secondary N) is 1. The Bertz CT molecular complexity index is 799. The quantitative estimate of drug-likeness (QED) is 0.805. The molecule has 0 saturated heterocycles. The van der Waals surface area contributed by atoms with Crippen LogP contribution in [0.25, 0.3) is 10.9 Å². The number of carbonyl (C=O) groups is 1. The smallest absolute Gasteiger partial charge is 0.228 e. The molecule has 2 heterocycles. The third-order valence-corrected chi connectivity index (χ3v) is 3.27. The van der Waals surface area contributed by atoms with Gasteiger partial charge in [-0.05, 0) is 29.8 Å². The van der Waals surface area contributed by atoms with Crippen molar-refractivity contribution in [1.82, 2.24) is 9.97 Å². The molecule has 5 heteroatoms.